The topological polar surface area (TPSA) is 9.23 Å². The van der Waals surface area contributed by atoms with Crippen molar-refractivity contribution in [2.45, 2.75) is 50.3 Å². The fraction of sp³-hybridized carbons (Fsp3) is 0.625. The van der Waals surface area contributed by atoms with E-state index in [1.54, 1.807) is 7.11 Å². The Kier molecular flexibility index (Phi) is 5.37. The first-order valence-electron chi connectivity index (χ1n) is 7.06. The number of ether oxygens (including phenoxy) is 1. The highest BCUT2D eigenvalue weighted by molar-refractivity contribution is 6.20. The maximum atomic E-state index is 6.48. The largest absolute Gasteiger partial charge is 0.497 e. The van der Waals surface area contributed by atoms with Crippen LogP contribution < -0.4 is 4.74 Å². The second-order valence-corrected chi connectivity index (χ2v) is 5.86. The monoisotopic (exact) mass is 266 g/mol. The predicted octanol–water partition coefficient (Wildman–Crippen LogP) is 4.82. The van der Waals surface area contributed by atoms with Crippen LogP contribution in [0.15, 0.2) is 24.3 Å². The maximum Gasteiger partial charge on any atom is 0.118 e. The van der Waals surface area contributed by atoms with E-state index in [1.807, 2.05) is 12.1 Å². The van der Waals surface area contributed by atoms with Crippen molar-refractivity contribution in [2.24, 2.45) is 5.92 Å². The highest BCUT2D eigenvalue weighted by Gasteiger charge is 2.21. The molecule has 0 aliphatic heterocycles. The summed E-state index contributed by atoms with van der Waals surface area (Å²) < 4.78 is 5.18. The predicted molar refractivity (Wildman–Crippen MR) is 77.5 cm³/mol. The molecule has 1 aliphatic carbocycles. The standard InChI is InChI=1S/C16H23ClO/c1-18-15-11-8-13(9-12-15)7-10-14-5-3-2-4-6-16(14)17/h8-9,11-12,14,16H,2-7,10H2,1H3. The van der Waals surface area contributed by atoms with Gasteiger partial charge in [0.15, 0.2) is 0 Å². The molecule has 0 radical (unpaired) electrons. The third-order valence-corrected chi connectivity index (χ3v) is 4.60. The van der Waals surface area contributed by atoms with Gasteiger partial charge in [-0.3, -0.25) is 0 Å². The second kappa shape index (κ2) is 7.04. The molecule has 1 aromatic carbocycles. The van der Waals surface area contributed by atoms with E-state index < -0.39 is 0 Å². The van der Waals surface area contributed by atoms with Crippen molar-refractivity contribution >= 4 is 11.6 Å². The van der Waals surface area contributed by atoms with E-state index in [0.29, 0.717) is 11.3 Å². The van der Waals surface area contributed by atoms with Gasteiger partial charge in [-0.25, -0.2) is 0 Å². The van der Waals surface area contributed by atoms with Crippen molar-refractivity contribution in [1.82, 2.24) is 0 Å². The van der Waals surface area contributed by atoms with Crippen molar-refractivity contribution in [2.75, 3.05) is 7.11 Å². The normalized spacial score (nSPS) is 24.6. The van der Waals surface area contributed by atoms with Crippen LogP contribution >= 0.6 is 11.6 Å². The summed E-state index contributed by atoms with van der Waals surface area (Å²) in [5, 5.41) is 0.394. The van der Waals surface area contributed by atoms with E-state index in [0.717, 1.165) is 12.2 Å². The molecule has 0 saturated heterocycles. The van der Waals surface area contributed by atoms with Crippen LogP contribution in [0.1, 0.15) is 44.1 Å². The second-order valence-electron chi connectivity index (χ2n) is 5.30. The Bertz CT molecular complexity index is 347. The maximum absolute atomic E-state index is 6.48. The van der Waals surface area contributed by atoms with Gasteiger partial charge in [0.2, 0.25) is 0 Å². The highest BCUT2D eigenvalue weighted by Crippen LogP contribution is 2.30. The van der Waals surface area contributed by atoms with Gasteiger partial charge >= 0.3 is 0 Å². The van der Waals surface area contributed by atoms with E-state index >= 15 is 0 Å². The zero-order valence-corrected chi connectivity index (χ0v) is 12.0. The molecule has 100 valence electrons. The lowest BCUT2D eigenvalue weighted by Gasteiger charge is -2.19. The molecule has 0 amide bonds. The van der Waals surface area contributed by atoms with Crippen molar-refractivity contribution in [3.8, 4) is 5.75 Å². The minimum absolute atomic E-state index is 0.394. The van der Waals surface area contributed by atoms with Crippen molar-refractivity contribution in [1.29, 1.82) is 0 Å². The third-order valence-electron chi connectivity index (χ3n) is 4.03. The summed E-state index contributed by atoms with van der Waals surface area (Å²) in [7, 11) is 1.71. The average molecular weight is 267 g/mol. The van der Waals surface area contributed by atoms with E-state index in [1.165, 1.54) is 44.1 Å². The molecular formula is C16H23ClO. The molecule has 2 atom stereocenters. The Labute approximate surface area is 115 Å². The number of methoxy groups -OCH3 is 1. The van der Waals surface area contributed by atoms with Crippen LogP contribution in [0.4, 0.5) is 0 Å². The molecule has 0 aromatic heterocycles. The lowest BCUT2D eigenvalue weighted by molar-refractivity contribution is 0.414. The van der Waals surface area contributed by atoms with Crippen LogP contribution in [0, 0.1) is 5.92 Å². The van der Waals surface area contributed by atoms with Crippen molar-refractivity contribution in [3.05, 3.63) is 29.8 Å². The molecule has 2 rings (SSSR count). The summed E-state index contributed by atoms with van der Waals surface area (Å²) in [6.45, 7) is 0. The number of hydrogen-bond acceptors (Lipinski definition) is 1. The molecule has 0 heterocycles. The van der Waals surface area contributed by atoms with Crippen LogP contribution in [0.25, 0.3) is 0 Å². The quantitative estimate of drug-likeness (QED) is 0.561. The summed E-state index contributed by atoms with van der Waals surface area (Å²) in [6.07, 6.45) is 8.91. The van der Waals surface area contributed by atoms with Crippen LogP contribution in [0.3, 0.4) is 0 Å². The van der Waals surface area contributed by atoms with Gasteiger partial charge in [0.05, 0.1) is 7.11 Å². The molecule has 1 saturated carbocycles. The summed E-state index contributed by atoms with van der Waals surface area (Å²) in [5.41, 5.74) is 1.39. The Morgan fingerprint density at radius 3 is 2.56 bits per heavy atom. The SMILES string of the molecule is COc1ccc(CCC2CCCCCC2Cl)cc1. The Hall–Kier alpha value is -0.690. The molecule has 2 unspecified atom stereocenters. The molecule has 0 bridgehead atoms. The van der Waals surface area contributed by atoms with Crippen LogP contribution in [-0.4, -0.2) is 12.5 Å². The third kappa shape index (κ3) is 3.91. The highest BCUT2D eigenvalue weighted by atomic mass is 35.5. The van der Waals surface area contributed by atoms with E-state index in [9.17, 15) is 0 Å². The number of aryl methyl sites for hydroxylation is 1. The van der Waals surface area contributed by atoms with Gasteiger partial charge in [-0.1, -0.05) is 31.4 Å². The van der Waals surface area contributed by atoms with Crippen LogP contribution in [-0.2, 0) is 6.42 Å². The lowest BCUT2D eigenvalue weighted by atomic mass is 9.92. The Morgan fingerprint density at radius 1 is 1.11 bits per heavy atom. The average Bonchev–Trinajstić information content (AvgIpc) is 2.62. The number of halogens is 1. The molecule has 0 spiro atoms. The summed E-state index contributed by atoms with van der Waals surface area (Å²) in [6, 6.07) is 8.42. The molecule has 18 heavy (non-hydrogen) atoms. The lowest BCUT2D eigenvalue weighted by Crippen LogP contribution is -2.14. The van der Waals surface area contributed by atoms with Gasteiger partial charge in [-0.2, -0.15) is 0 Å². The van der Waals surface area contributed by atoms with Gasteiger partial charge in [-0.05, 0) is 49.3 Å². The Morgan fingerprint density at radius 2 is 1.83 bits per heavy atom. The van der Waals surface area contributed by atoms with Crippen molar-refractivity contribution < 1.29 is 4.74 Å². The zero-order valence-electron chi connectivity index (χ0n) is 11.2. The molecule has 0 N–H and O–H groups in total. The van der Waals surface area contributed by atoms with Gasteiger partial charge < -0.3 is 4.74 Å². The molecule has 1 nitrogen and oxygen atoms in total. The molecule has 2 heteroatoms. The van der Waals surface area contributed by atoms with Crippen molar-refractivity contribution in [3.63, 3.8) is 0 Å². The van der Waals surface area contributed by atoms with E-state index in [-0.39, 0.29) is 0 Å². The van der Waals surface area contributed by atoms with Gasteiger partial charge in [-0.15, -0.1) is 11.6 Å². The van der Waals surface area contributed by atoms with Gasteiger partial charge in [0, 0.05) is 5.38 Å². The van der Waals surface area contributed by atoms with Crippen LogP contribution in [0.2, 0.25) is 0 Å². The fourth-order valence-corrected chi connectivity index (χ4v) is 3.21. The van der Waals surface area contributed by atoms with Crippen LogP contribution in [0.5, 0.6) is 5.75 Å². The number of hydrogen-bond donors (Lipinski definition) is 0. The first kappa shape index (κ1) is 13.7. The summed E-state index contributed by atoms with van der Waals surface area (Å²) in [5.74, 6) is 1.64. The van der Waals surface area contributed by atoms with Gasteiger partial charge in [0.25, 0.3) is 0 Å². The molecule has 1 aliphatic rings. The Balaban J connectivity index is 1.85. The number of benzene rings is 1. The fourth-order valence-electron chi connectivity index (χ4n) is 2.81. The summed E-state index contributed by atoms with van der Waals surface area (Å²) >= 11 is 6.48. The number of rotatable bonds is 4. The first-order chi connectivity index (χ1) is 8.79. The molecule has 1 aromatic rings. The minimum atomic E-state index is 0.394. The van der Waals surface area contributed by atoms with Gasteiger partial charge in [0.1, 0.15) is 5.75 Å². The summed E-state index contributed by atoms with van der Waals surface area (Å²) in [4.78, 5) is 0. The molecular weight excluding hydrogens is 244 g/mol. The minimum Gasteiger partial charge on any atom is -0.497 e. The zero-order chi connectivity index (χ0) is 12.8. The molecule has 1 fully saturated rings. The van der Waals surface area contributed by atoms with E-state index in [2.05, 4.69) is 12.1 Å². The number of alkyl halides is 1. The van der Waals surface area contributed by atoms with E-state index in [4.69, 9.17) is 16.3 Å². The smallest absolute Gasteiger partial charge is 0.118 e. The first-order valence-corrected chi connectivity index (χ1v) is 7.50.